The molecule has 0 atom stereocenters. The highest BCUT2D eigenvalue weighted by atomic mass is 16.1. The van der Waals surface area contributed by atoms with E-state index in [0.29, 0.717) is 6.04 Å². The molecule has 3 rings (SSSR count). The molecule has 0 bridgehead atoms. The van der Waals surface area contributed by atoms with Crippen molar-refractivity contribution < 1.29 is 4.79 Å². The number of benzene rings is 1. The third-order valence-corrected chi connectivity index (χ3v) is 4.11. The van der Waals surface area contributed by atoms with Crippen molar-refractivity contribution in [3.05, 3.63) is 23.8 Å². The lowest BCUT2D eigenvalue weighted by molar-refractivity contribution is 0.0917. The van der Waals surface area contributed by atoms with Gasteiger partial charge in [0.15, 0.2) is 0 Å². The van der Waals surface area contributed by atoms with E-state index in [9.17, 15) is 4.79 Å². The van der Waals surface area contributed by atoms with Crippen molar-refractivity contribution in [1.82, 2.24) is 10.2 Å². The zero-order valence-electron chi connectivity index (χ0n) is 11.9. The Kier molecular flexibility index (Phi) is 3.78. The van der Waals surface area contributed by atoms with Crippen LogP contribution in [0, 0.1) is 0 Å². The van der Waals surface area contributed by atoms with Crippen molar-refractivity contribution in [1.29, 1.82) is 0 Å². The first-order valence-corrected chi connectivity index (χ1v) is 7.34. The number of amides is 1. The van der Waals surface area contributed by atoms with E-state index >= 15 is 0 Å². The third kappa shape index (κ3) is 2.72. The van der Waals surface area contributed by atoms with Crippen molar-refractivity contribution >= 4 is 17.3 Å². The van der Waals surface area contributed by atoms with Crippen LogP contribution in [0.25, 0.3) is 0 Å². The molecule has 1 fully saturated rings. The van der Waals surface area contributed by atoms with Gasteiger partial charge in [0.25, 0.3) is 5.91 Å². The average Bonchev–Trinajstić information content (AvgIpc) is 2.49. The van der Waals surface area contributed by atoms with Gasteiger partial charge in [0, 0.05) is 19.1 Å². The predicted octanol–water partition coefficient (Wildman–Crippen LogP) is 1.35. The molecule has 0 aliphatic carbocycles. The topological polar surface area (TPSA) is 56.4 Å². The summed E-state index contributed by atoms with van der Waals surface area (Å²) in [7, 11) is 2.13. The number of fused-ring (bicyclic) bond motifs is 1. The van der Waals surface area contributed by atoms with Gasteiger partial charge < -0.3 is 20.9 Å². The summed E-state index contributed by atoms with van der Waals surface area (Å²) in [5, 5.41) is 9.82. The maximum Gasteiger partial charge on any atom is 0.253 e. The second-order valence-electron chi connectivity index (χ2n) is 5.63. The van der Waals surface area contributed by atoms with Gasteiger partial charge >= 0.3 is 0 Å². The quantitative estimate of drug-likeness (QED) is 0.762. The highest BCUT2D eigenvalue weighted by Crippen LogP contribution is 2.28. The number of hydrogen-bond acceptors (Lipinski definition) is 4. The van der Waals surface area contributed by atoms with Gasteiger partial charge in [-0.1, -0.05) is 6.07 Å². The van der Waals surface area contributed by atoms with Crippen LogP contribution in [0.3, 0.4) is 0 Å². The summed E-state index contributed by atoms with van der Waals surface area (Å²) in [4.78, 5) is 14.8. The molecule has 1 aromatic carbocycles. The largest absolute Gasteiger partial charge is 0.382 e. The Morgan fingerprint density at radius 2 is 2.00 bits per heavy atom. The van der Waals surface area contributed by atoms with Crippen molar-refractivity contribution in [2.45, 2.75) is 18.9 Å². The second-order valence-corrected chi connectivity index (χ2v) is 5.63. The minimum Gasteiger partial charge on any atom is -0.382 e. The van der Waals surface area contributed by atoms with Gasteiger partial charge in [-0.05, 0) is 45.1 Å². The van der Waals surface area contributed by atoms with E-state index in [2.05, 4.69) is 27.9 Å². The first-order chi connectivity index (χ1) is 9.74. The molecule has 1 aromatic rings. The molecule has 20 heavy (non-hydrogen) atoms. The molecule has 0 spiro atoms. The lowest BCUT2D eigenvalue weighted by Crippen LogP contribution is -2.43. The fourth-order valence-electron chi connectivity index (χ4n) is 2.88. The molecule has 108 valence electrons. The van der Waals surface area contributed by atoms with Crippen molar-refractivity contribution in [2.75, 3.05) is 43.9 Å². The lowest BCUT2D eigenvalue weighted by atomic mass is 10.0. The molecule has 0 radical (unpaired) electrons. The Balaban J connectivity index is 1.71. The van der Waals surface area contributed by atoms with E-state index in [1.165, 1.54) is 0 Å². The van der Waals surface area contributed by atoms with E-state index < -0.39 is 0 Å². The summed E-state index contributed by atoms with van der Waals surface area (Å²) in [5.41, 5.74) is 2.70. The van der Waals surface area contributed by atoms with Crippen LogP contribution >= 0.6 is 0 Å². The fourth-order valence-corrected chi connectivity index (χ4v) is 2.88. The number of para-hydroxylation sites is 1. The molecular weight excluding hydrogens is 252 g/mol. The van der Waals surface area contributed by atoms with Crippen LogP contribution in [0.2, 0.25) is 0 Å². The Hall–Kier alpha value is -1.75. The summed E-state index contributed by atoms with van der Waals surface area (Å²) in [6.07, 6.45) is 2.06. The Labute approximate surface area is 119 Å². The molecule has 1 amide bonds. The van der Waals surface area contributed by atoms with E-state index in [1.807, 2.05) is 18.2 Å². The fraction of sp³-hybridized carbons (Fsp3) is 0.533. The van der Waals surface area contributed by atoms with Crippen molar-refractivity contribution in [3.8, 4) is 0 Å². The number of nitrogens with one attached hydrogen (secondary N) is 3. The number of likely N-dealkylation sites (tertiary alicyclic amines) is 1. The number of hydrogen-bond donors (Lipinski definition) is 3. The number of rotatable bonds is 2. The summed E-state index contributed by atoms with van der Waals surface area (Å²) < 4.78 is 0. The first kappa shape index (κ1) is 13.2. The van der Waals surface area contributed by atoms with Gasteiger partial charge in [-0.25, -0.2) is 0 Å². The zero-order chi connectivity index (χ0) is 13.9. The Morgan fingerprint density at radius 1 is 1.25 bits per heavy atom. The molecule has 2 heterocycles. The van der Waals surface area contributed by atoms with Gasteiger partial charge in [0.05, 0.1) is 16.9 Å². The van der Waals surface area contributed by atoms with Gasteiger partial charge in [-0.15, -0.1) is 0 Å². The van der Waals surface area contributed by atoms with Gasteiger partial charge in [-0.3, -0.25) is 4.79 Å². The van der Waals surface area contributed by atoms with Gasteiger partial charge in [0.2, 0.25) is 0 Å². The predicted molar refractivity (Wildman–Crippen MR) is 81.4 cm³/mol. The van der Waals surface area contributed by atoms with Crippen LogP contribution in [0.4, 0.5) is 11.4 Å². The highest BCUT2D eigenvalue weighted by Gasteiger charge is 2.22. The molecule has 0 unspecified atom stereocenters. The first-order valence-electron chi connectivity index (χ1n) is 7.34. The van der Waals surface area contributed by atoms with Crippen LogP contribution in [0.1, 0.15) is 23.2 Å². The van der Waals surface area contributed by atoms with E-state index in [4.69, 9.17) is 0 Å². The average molecular weight is 274 g/mol. The summed E-state index contributed by atoms with van der Waals surface area (Å²) in [6, 6.07) is 6.13. The summed E-state index contributed by atoms with van der Waals surface area (Å²) in [6.45, 7) is 3.86. The van der Waals surface area contributed by atoms with E-state index in [1.54, 1.807) is 0 Å². The molecule has 5 heteroatoms. The maximum absolute atomic E-state index is 12.5. The number of piperidine rings is 1. The molecule has 5 nitrogen and oxygen atoms in total. The monoisotopic (exact) mass is 274 g/mol. The molecule has 0 aromatic heterocycles. The van der Waals surface area contributed by atoms with Crippen molar-refractivity contribution in [2.24, 2.45) is 0 Å². The van der Waals surface area contributed by atoms with Crippen LogP contribution in [-0.4, -0.2) is 50.1 Å². The number of carbonyl (C=O) groups is 1. The minimum atomic E-state index is 0.0348. The third-order valence-electron chi connectivity index (χ3n) is 4.11. The standard InChI is InChI=1S/C15H22N4O/c1-19-9-5-11(6-10-19)18-15(20)12-3-2-4-13-14(12)17-8-7-16-13/h2-4,11,16-17H,5-10H2,1H3,(H,18,20). The number of anilines is 2. The van der Waals surface area contributed by atoms with Gasteiger partial charge in [0.1, 0.15) is 0 Å². The van der Waals surface area contributed by atoms with E-state index in [0.717, 1.165) is 56.0 Å². The molecule has 3 N–H and O–H groups in total. The number of carbonyl (C=O) groups excluding carboxylic acids is 1. The summed E-state index contributed by atoms with van der Waals surface area (Å²) in [5.74, 6) is 0.0348. The van der Waals surface area contributed by atoms with Crippen molar-refractivity contribution in [3.63, 3.8) is 0 Å². The summed E-state index contributed by atoms with van der Waals surface area (Å²) >= 11 is 0. The molecule has 2 aliphatic rings. The Bertz CT molecular complexity index is 495. The minimum absolute atomic E-state index is 0.0348. The van der Waals surface area contributed by atoms with Crippen LogP contribution in [-0.2, 0) is 0 Å². The highest BCUT2D eigenvalue weighted by molar-refractivity contribution is 6.02. The van der Waals surface area contributed by atoms with E-state index in [-0.39, 0.29) is 5.91 Å². The molecule has 1 saturated heterocycles. The van der Waals surface area contributed by atoms with Gasteiger partial charge in [-0.2, -0.15) is 0 Å². The molecule has 0 saturated carbocycles. The van der Waals surface area contributed by atoms with Crippen LogP contribution in [0.5, 0.6) is 0 Å². The normalized spacial score (nSPS) is 19.6. The smallest absolute Gasteiger partial charge is 0.253 e. The SMILES string of the molecule is CN1CCC(NC(=O)c2cccc3c2NCCN3)CC1. The number of nitrogens with zero attached hydrogens (tertiary/aromatic N) is 1. The lowest BCUT2D eigenvalue weighted by Gasteiger charge is -2.30. The zero-order valence-corrected chi connectivity index (χ0v) is 11.9. The second kappa shape index (κ2) is 5.71. The maximum atomic E-state index is 12.5. The molecular formula is C15H22N4O. The molecule has 2 aliphatic heterocycles. The van der Waals surface area contributed by atoms with Crippen LogP contribution < -0.4 is 16.0 Å². The Morgan fingerprint density at radius 3 is 2.80 bits per heavy atom. The van der Waals surface area contributed by atoms with Crippen LogP contribution in [0.15, 0.2) is 18.2 Å².